The smallest absolute Gasteiger partial charge is 0.462 e. The third-order valence-electron chi connectivity index (χ3n) is 5.63. The normalized spacial score (nSPS) is 14.2. The van der Waals surface area contributed by atoms with E-state index in [1.54, 1.807) is 11.6 Å². The van der Waals surface area contributed by atoms with Gasteiger partial charge in [0.05, 0.1) is 23.6 Å². The zero-order chi connectivity index (χ0) is 28.1. The minimum Gasteiger partial charge on any atom is -0.462 e. The first-order chi connectivity index (χ1) is 17.9. The van der Waals surface area contributed by atoms with Crippen molar-refractivity contribution in [3.05, 3.63) is 35.2 Å². The molecule has 0 radical (unpaired) electrons. The first-order valence-corrected chi connectivity index (χ1v) is 13.8. The summed E-state index contributed by atoms with van der Waals surface area (Å²) >= 11 is 0. The second-order valence-electron chi connectivity index (χ2n) is 9.19. The highest BCUT2D eigenvalue weighted by Crippen LogP contribution is 2.39. The van der Waals surface area contributed by atoms with Crippen molar-refractivity contribution >= 4 is 39.0 Å². The number of aryl methyl sites for hydroxylation is 2. The van der Waals surface area contributed by atoms with E-state index in [0.29, 0.717) is 43.7 Å². The van der Waals surface area contributed by atoms with E-state index in [2.05, 4.69) is 20.2 Å². The number of benzene rings is 1. The van der Waals surface area contributed by atoms with E-state index in [0.717, 1.165) is 12.0 Å². The van der Waals surface area contributed by atoms with Crippen molar-refractivity contribution in [3.8, 4) is 0 Å². The van der Waals surface area contributed by atoms with Gasteiger partial charge in [-0.2, -0.15) is 21.6 Å². The average Bonchev–Trinajstić information content (AvgIpc) is 2.82. The number of carbonyl (C=O) groups excluding carboxylic acids is 1. The molecular formula is C24H31F3N6O4S. The largest absolute Gasteiger partial charge is 0.516 e. The standard InChI is InChI=1S/C24H31F3N6O4S/c1-5-8-18-17(22(34)37-6-2)13-28-23(29-18)31-30-19-11-16-9-7-10-33(14-15(3)4)21(16)12-20(19)32-38(35,36)24(25,26)27/h11-13,15,32H,5-10,14H2,1-4H3. The van der Waals surface area contributed by atoms with Crippen LogP contribution in [0.2, 0.25) is 0 Å². The highest BCUT2D eigenvalue weighted by atomic mass is 32.2. The number of alkyl halides is 3. The van der Waals surface area contributed by atoms with Crippen molar-refractivity contribution in [3.63, 3.8) is 0 Å². The number of azo groups is 1. The molecule has 2 aromatic rings. The lowest BCUT2D eigenvalue weighted by molar-refractivity contribution is -0.0429. The zero-order valence-electron chi connectivity index (χ0n) is 21.7. The Morgan fingerprint density at radius 3 is 2.61 bits per heavy atom. The quantitative estimate of drug-likeness (QED) is 0.294. The number of esters is 1. The van der Waals surface area contributed by atoms with Crippen LogP contribution < -0.4 is 9.62 Å². The van der Waals surface area contributed by atoms with Crippen molar-refractivity contribution in [1.82, 2.24) is 9.97 Å². The molecule has 38 heavy (non-hydrogen) atoms. The number of nitrogens with zero attached hydrogens (tertiary/aromatic N) is 5. The van der Waals surface area contributed by atoms with E-state index in [1.807, 2.05) is 25.7 Å². The number of sulfonamides is 1. The summed E-state index contributed by atoms with van der Waals surface area (Å²) in [6.45, 7) is 9.13. The third kappa shape index (κ3) is 6.97. The van der Waals surface area contributed by atoms with Crippen LogP contribution in [0.15, 0.2) is 28.6 Å². The first kappa shape index (κ1) is 29.3. The highest BCUT2D eigenvalue weighted by molar-refractivity contribution is 7.93. The van der Waals surface area contributed by atoms with Gasteiger partial charge in [0.15, 0.2) is 0 Å². The lowest BCUT2D eigenvalue weighted by Gasteiger charge is -2.33. The molecule has 0 bridgehead atoms. The van der Waals surface area contributed by atoms with Gasteiger partial charge in [-0.25, -0.2) is 14.8 Å². The molecule has 1 aliphatic heterocycles. The Morgan fingerprint density at radius 2 is 1.97 bits per heavy atom. The number of ether oxygens (including phenoxy) is 1. The average molecular weight is 557 g/mol. The molecule has 1 N–H and O–H groups in total. The predicted octanol–water partition coefficient (Wildman–Crippen LogP) is 5.69. The summed E-state index contributed by atoms with van der Waals surface area (Å²) in [5, 5.41) is 7.98. The fraction of sp³-hybridized carbons (Fsp3) is 0.542. The second kappa shape index (κ2) is 12.0. The summed E-state index contributed by atoms with van der Waals surface area (Å²) in [6.07, 6.45) is 3.82. The summed E-state index contributed by atoms with van der Waals surface area (Å²) < 4.78 is 70.1. The topological polar surface area (TPSA) is 126 Å². The maximum Gasteiger partial charge on any atom is 0.516 e. The van der Waals surface area contributed by atoms with Gasteiger partial charge < -0.3 is 9.64 Å². The number of anilines is 2. The molecule has 0 unspecified atom stereocenters. The van der Waals surface area contributed by atoms with Crippen molar-refractivity contribution in [1.29, 1.82) is 0 Å². The van der Waals surface area contributed by atoms with Gasteiger partial charge in [-0.3, -0.25) is 4.72 Å². The number of hydrogen-bond acceptors (Lipinski definition) is 9. The summed E-state index contributed by atoms with van der Waals surface area (Å²) in [5.41, 5.74) is -3.96. The summed E-state index contributed by atoms with van der Waals surface area (Å²) in [5.74, 6) is -0.433. The number of hydrogen-bond donors (Lipinski definition) is 1. The molecule has 10 nitrogen and oxygen atoms in total. The zero-order valence-corrected chi connectivity index (χ0v) is 22.5. The lowest BCUT2D eigenvalue weighted by Crippen LogP contribution is -2.33. The number of halogens is 3. The van der Waals surface area contributed by atoms with Gasteiger partial charge in [0.2, 0.25) is 0 Å². The van der Waals surface area contributed by atoms with Crippen molar-refractivity contribution in [2.45, 2.75) is 58.9 Å². The predicted molar refractivity (Wildman–Crippen MR) is 137 cm³/mol. The Labute approximate surface area is 219 Å². The van der Waals surface area contributed by atoms with Crippen LogP contribution in [-0.2, 0) is 27.6 Å². The lowest BCUT2D eigenvalue weighted by atomic mass is 9.99. The SMILES string of the molecule is CCCc1nc(N=Nc2cc3c(cc2NS(=O)(=O)C(F)(F)F)N(CC(C)C)CCC3)ncc1C(=O)OCC. The monoisotopic (exact) mass is 556 g/mol. The van der Waals surface area contributed by atoms with E-state index >= 15 is 0 Å². The van der Waals surface area contributed by atoms with Crippen LogP contribution in [0.1, 0.15) is 62.2 Å². The highest BCUT2D eigenvalue weighted by Gasteiger charge is 2.46. The minimum atomic E-state index is -5.71. The van der Waals surface area contributed by atoms with Crippen LogP contribution in [0, 0.1) is 5.92 Å². The maximum absolute atomic E-state index is 13.2. The molecule has 14 heteroatoms. The van der Waals surface area contributed by atoms with E-state index < -0.39 is 21.5 Å². The Morgan fingerprint density at radius 1 is 1.24 bits per heavy atom. The van der Waals surface area contributed by atoms with Crippen LogP contribution in [0.4, 0.5) is 36.2 Å². The molecule has 0 saturated heterocycles. The summed E-state index contributed by atoms with van der Waals surface area (Å²) in [7, 11) is -5.71. The van der Waals surface area contributed by atoms with E-state index in [9.17, 15) is 26.4 Å². The molecular weight excluding hydrogens is 525 g/mol. The van der Waals surface area contributed by atoms with Gasteiger partial charge in [-0.1, -0.05) is 27.2 Å². The summed E-state index contributed by atoms with van der Waals surface area (Å²) in [4.78, 5) is 22.5. The molecule has 1 aromatic carbocycles. The van der Waals surface area contributed by atoms with Crippen LogP contribution in [-0.4, -0.2) is 49.6 Å². The molecule has 0 saturated carbocycles. The van der Waals surface area contributed by atoms with Gasteiger partial charge in [-0.15, -0.1) is 10.2 Å². The molecule has 2 heterocycles. The van der Waals surface area contributed by atoms with E-state index in [-0.39, 0.29) is 35.4 Å². The molecule has 0 atom stereocenters. The van der Waals surface area contributed by atoms with Crippen molar-refractivity contribution < 1.29 is 31.1 Å². The molecule has 3 rings (SSSR count). The molecule has 0 fully saturated rings. The number of rotatable bonds is 10. The van der Waals surface area contributed by atoms with E-state index in [1.165, 1.54) is 18.3 Å². The van der Waals surface area contributed by atoms with Crippen LogP contribution in [0.25, 0.3) is 0 Å². The Kier molecular flexibility index (Phi) is 9.28. The van der Waals surface area contributed by atoms with Crippen LogP contribution in [0.5, 0.6) is 0 Å². The number of nitrogens with one attached hydrogen (secondary N) is 1. The Bertz CT molecular complexity index is 1300. The van der Waals surface area contributed by atoms with Gasteiger partial charge in [0, 0.05) is 25.0 Å². The maximum atomic E-state index is 13.2. The Hall–Kier alpha value is -3.29. The van der Waals surface area contributed by atoms with E-state index in [4.69, 9.17) is 4.74 Å². The molecule has 0 amide bonds. The van der Waals surface area contributed by atoms with Crippen molar-refractivity contribution in [2.24, 2.45) is 16.1 Å². The third-order valence-corrected chi connectivity index (χ3v) is 6.73. The Balaban J connectivity index is 2.06. The molecule has 1 aliphatic rings. The van der Waals surface area contributed by atoms with Gasteiger partial charge >= 0.3 is 21.5 Å². The molecule has 1 aromatic heterocycles. The molecule has 0 aliphatic carbocycles. The molecule has 0 spiro atoms. The van der Waals surface area contributed by atoms with Crippen molar-refractivity contribution in [2.75, 3.05) is 29.3 Å². The first-order valence-electron chi connectivity index (χ1n) is 12.3. The van der Waals surface area contributed by atoms with Gasteiger partial charge in [0.25, 0.3) is 5.95 Å². The number of fused-ring (bicyclic) bond motifs is 1. The van der Waals surface area contributed by atoms with Gasteiger partial charge in [-0.05, 0) is 49.8 Å². The molecule has 208 valence electrons. The number of carbonyl (C=O) groups is 1. The fourth-order valence-electron chi connectivity index (χ4n) is 4.05. The second-order valence-corrected chi connectivity index (χ2v) is 10.9. The number of aromatic nitrogens is 2. The van der Waals surface area contributed by atoms with Gasteiger partial charge in [0.1, 0.15) is 5.69 Å². The van der Waals surface area contributed by atoms with Crippen LogP contribution in [0.3, 0.4) is 0 Å². The minimum absolute atomic E-state index is 0.113. The fourth-order valence-corrected chi connectivity index (χ4v) is 4.62. The summed E-state index contributed by atoms with van der Waals surface area (Å²) in [6, 6.07) is 2.89. The van der Waals surface area contributed by atoms with Crippen LogP contribution >= 0.6 is 0 Å².